The molecule has 0 aliphatic carbocycles. The van der Waals surface area contributed by atoms with Crippen LogP contribution in [0.25, 0.3) is 0 Å². The van der Waals surface area contributed by atoms with Gasteiger partial charge in [-0.05, 0) is 6.42 Å². The Labute approximate surface area is 80.5 Å². The van der Waals surface area contributed by atoms with Gasteiger partial charge in [0.05, 0.1) is 12.7 Å². The van der Waals surface area contributed by atoms with Gasteiger partial charge in [0, 0.05) is 6.07 Å². The first-order valence-electron chi connectivity index (χ1n) is 4.34. The van der Waals surface area contributed by atoms with Gasteiger partial charge in [-0.1, -0.05) is 13.3 Å². The van der Waals surface area contributed by atoms with E-state index in [4.69, 9.17) is 4.74 Å². The van der Waals surface area contributed by atoms with Crippen LogP contribution in [0, 0.1) is 23.5 Å². The van der Waals surface area contributed by atoms with Gasteiger partial charge in [-0.15, -0.1) is 0 Å². The molecule has 14 heavy (non-hydrogen) atoms. The predicted molar refractivity (Wildman–Crippen MR) is 45.6 cm³/mol. The zero-order valence-electron chi connectivity index (χ0n) is 7.74. The summed E-state index contributed by atoms with van der Waals surface area (Å²) in [6, 6.07) is 2.40. The molecule has 0 amide bonds. The minimum atomic E-state index is -1.26. The average molecular weight is 203 g/mol. The Bertz CT molecular complexity index is 312. The SMILES string of the molecule is CCCCOc1[c]c(F)cc(F)c1F. The first-order valence-corrected chi connectivity index (χ1v) is 4.34. The van der Waals surface area contributed by atoms with E-state index in [0.717, 1.165) is 6.42 Å². The van der Waals surface area contributed by atoms with E-state index in [2.05, 4.69) is 0 Å². The van der Waals surface area contributed by atoms with Crippen molar-refractivity contribution in [2.45, 2.75) is 19.8 Å². The molecule has 0 bridgehead atoms. The lowest BCUT2D eigenvalue weighted by atomic mass is 10.3. The van der Waals surface area contributed by atoms with Gasteiger partial charge in [0.2, 0.25) is 5.82 Å². The van der Waals surface area contributed by atoms with Crippen molar-refractivity contribution in [2.75, 3.05) is 6.61 Å². The van der Waals surface area contributed by atoms with Gasteiger partial charge in [-0.3, -0.25) is 0 Å². The molecule has 77 valence electrons. The van der Waals surface area contributed by atoms with Gasteiger partial charge in [0.15, 0.2) is 11.6 Å². The predicted octanol–water partition coefficient (Wildman–Crippen LogP) is 3.08. The summed E-state index contributed by atoms with van der Waals surface area (Å²) in [6.07, 6.45) is 1.56. The third kappa shape index (κ3) is 2.65. The fourth-order valence-corrected chi connectivity index (χ4v) is 0.901. The minimum absolute atomic E-state index is 0.229. The largest absolute Gasteiger partial charge is 0.490 e. The second-order valence-electron chi connectivity index (χ2n) is 2.81. The number of unbranched alkanes of at least 4 members (excludes halogenated alkanes) is 1. The Kier molecular flexibility index (Phi) is 3.80. The topological polar surface area (TPSA) is 9.23 Å². The van der Waals surface area contributed by atoms with Crippen molar-refractivity contribution >= 4 is 0 Å². The number of benzene rings is 1. The zero-order chi connectivity index (χ0) is 10.6. The summed E-state index contributed by atoms with van der Waals surface area (Å²) in [5.41, 5.74) is 0. The Morgan fingerprint density at radius 2 is 2.07 bits per heavy atom. The number of hydrogen-bond acceptors (Lipinski definition) is 1. The summed E-state index contributed by atoms with van der Waals surface area (Å²) in [7, 11) is 0. The lowest BCUT2D eigenvalue weighted by Gasteiger charge is -2.06. The molecule has 1 nitrogen and oxygen atoms in total. The number of rotatable bonds is 4. The normalized spacial score (nSPS) is 10.3. The van der Waals surface area contributed by atoms with Gasteiger partial charge in [-0.2, -0.15) is 4.39 Å². The van der Waals surface area contributed by atoms with Crippen LogP contribution in [0.4, 0.5) is 13.2 Å². The van der Waals surface area contributed by atoms with Crippen LogP contribution in [0.1, 0.15) is 19.8 Å². The van der Waals surface area contributed by atoms with E-state index in [0.29, 0.717) is 12.5 Å². The van der Waals surface area contributed by atoms with Gasteiger partial charge in [0.25, 0.3) is 0 Å². The monoisotopic (exact) mass is 203 g/mol. The summed E-state index contributed by atoms with van der Waals surface area (Å²) in [5, 5.41) is 0. The summed E-state index contributed by atoms with van der Waals surface area (Å²) >= 11 is 0. The lowest BCUT2D eigenvalue weighted by molar-refractivity contribution is 0.285. The highest BCUT2D eigenvalue weighted by Crippen LogP contribution is 2.20. The summed E-state index contributed by atoms with van der Waals surface area (Å²) in [4.78, 5) is 0. The van der Waals surface area contributed by atoms with Crippen LogP contribution in [0.3, 0.4) is 0 Å². The van der Waals surface area contributed by atoms with Crippen molar-refractivity contribution in [3.8, 4) is 5.75 Å². The molecule has 0 saturated heterocycles. The van der Waals surface area contributed by atoms with Crippen LogP contribution in [-0.4, -0.2) is 6.61 Å². The molecule has 0 aliphatic heterocycles. The highest BCUT2D eigenvalue weighted by atomic mass is 19.2. The molecule has 0 atom stereocenters. The zero-order valence-corrected chi connectivity index (χ0v) is 7.74. The molecule has 0 aliphatic rings. The van der Waals surface area contributed by atoms with Crippen LogP contribution < -0.4 is 4.74 Å². The van der Waals surface area contributed by atoms with E-state index < -0.39 is 23.2 Å². The van der Waals surface area contributed by atoms with Gasteiger partial charge < -0.3 is 4.74 Å². The fraction of sp³-hybridized carbons (Fsp3) is 0.400. The summed E-state index contributed by atoms with van der Waals surface area (Å²) in [5.74, 6) is -3.90. The number of ether oxygens (including phenoxy) is 1. The fourth-order valence-electron chi connectivity index (χ4n) is 0.901. The van der Waals surface area contributed by atoms with Crippen molar-refractivity contribution in [2.24, 2.45) is 0 Å². The Balaban J connectivity index is 2.75. The van der Waals surface area contributed by atoms with Crippen molar-refractivity contribution in [1.82, 2.24) is 0 Å². The molecule has 0 saturated carbocycles. The van der Waals surface area contributed by atoms with Gasteiger partial charge in [0.1, 0.15) is 5.82 Å². The number of hydrogen-bond donors (Lipinski definition) is 0. The first-order chi connectivity index (χ1) is 6.65. The smallest absolute Gasteiger partial charge is 0.201 e. The van der Waals surface area contributed by atoms with E-state index in [1.807, 2.05) is 13.0 Å². The molecular weight excluding hydrogens is 193 g/mol. The molecule has 1 rings (SSSR count). The highest BCUT2D eigenvalue weighted by molar-refractivity contribution is 5.24. The first kappa shape index (κ1) is 10.9. The summed E-state index contributed by atoms with van der Waals surface area (Å²) < 4.78 is 42.9. The van der Waals surface area contributed by atoms with Crippen molar-refractivity contribution < 1.29 is 17.9 Å². The van der Waals surface area contributed by atoms with E-state index in [-0.39, 0.29) is 6.61 Å². The lowest BCUT2D eigenvalue weighted by Crippen LogP contribution is -2.01. The Hall–Kier alpha value is -1.19. The maximum absolute atomic E-state index is 12.9. The van der Waals surface area contributed by atoms with Crippen LogP contribution in [0.2, 0.25) is 0 Å². The second-order valence-corrected chi connectivity index (χ2v) is 2.81. The van der Waals surface area contributed by atoms with Crippen molar-refractivity contribution in [3.63, 3.8) is 0 Å². The Morgan fingerprint density at radius 3 is 2.71 bits per heavy atom. The van der Waals surface area contributed by atoms with E-state index in [1.54, 1.807) is 0 Å². The molecular formula is C10H10F3O. The molecule has 1 radical (unpaired) electrons. The highest BCUT2D eigenvalue weighted by Gasteiger charge is 2.12. The molecule has 4 heteroatoms. The van der Waals surface area contributed by atoms with Crippen molar-refractivity contribution in [1.29, 1.82) is 0 Å². The second kappa shape index (κ2) is 4.88. The average Bonchev–Trinajstić information content (AvgIpc) is 2.13. The maximum Gasteiger partial charge on any atom is 0.201 e. The van der Waals surface area contributed by atoms with E-state index in [1.165, 1.54) is 0 Å². The molecule has 0 heterocycles. The van der Waals surface area contributed by atoms with Gasteiger partial charge >= 0.3 is 0 Å². The van der Waals surface area contributed by atoms with Crippen LogP contribution in [0.5, 0.6) is 5.75 Å². The molecule has 0 aromatic heterocycles. The molecule has 0 unspecified atom stereocenters. The molecule has 1 aromatic carbocycles. The molecule has 0 spiro atoms. The standard InChI is InChI=1S/C10H10F3O/c1-2-3-4-14-9-6-7(11)5-8(12)10(9)13/h5H,2-4H2,1H3. The van der Waals surface area contributed by atoms with Gasteiger partial charge in [-0.25, -0.2) is 8.78 Å². The van der Waals surface area contributed by atoms with Crippen LogP contribution in [0.15, 0.2) is 6.07 Å². The maximum atomic E-state index is 12.9. The molecule has 0 fully saturated rings. The molecule has 1 aromatic rings. The Morgan fingerprint density at radius 1 is 1.36 bits per heavy atom. The third-order valence-corrected chi connectivity index (χ3v) is 1.64. The van der Waals surface area contributed by atoms with Crippen LogP contribution in [-0.2, 0) is 0 Å². The quantitative estimate of drug-likeness (QED) is 0.539. The van der Waals surface area contributed by atoms with Crippen molar-refractivity contribution in [3.05, 3.63) is 29.6 Å². The molecule has 0 N–H and O–H groups in total. The van der Waals surface area contributed by atoms with Crippen LogP contribution >= 0.6 is 0 Å². The summed E-state index contributed by atoms with van der Waals surface area (Å²) in [6.45, 7) is 2.16. The number of halogens is 3. The van der Waals surface area contributed by atoms with E-state index in [9.17, 15) is 13.2 Å². The van der Waals surface area contributed by atoms with E-state index >= 15 is 0 Å². The minimum Gasteiger partial charge on any atom is -0.490 e. The third-order valence-electron chi connectivity index (χ3n) is 1.64.